The first-order chi connectivity index (χ1) is 12.8. The van der Waals surface area contributed by atoms with Crippen molar-refractivity contribution in [1.29, 1.82) is 5.26 Å². The molecule has 0 radical (unpaired) electrons. The monoisotopic (exact) mass is 423 g/mol. The molecule has 148 valence electrons. The number of methoxy groups -OCH3 is 1. The van der Waals surface area contributed by atoms with Gasteiger partial charge in [0.2, 0.25) is 0 Å². The summed E-state index contributed by atoms with van der Waals surface area (Å²) < 4.78 is 83.2. The molecule has 1 aromatic heterocycles. The minimum atomic E-state index is -5.04. The Morgan fingerprint density at radius 3 is 2.32 bits per heavy atom. The van der Waals surface area contributed by atoms with Crippen molar-refractivity contribution in [2.24, 2.45) is 0 Å². The summed E-state index contributed by atoms with van der Waals surface area (Å²) in [5, 5.41) is 8.47. The van der Waals surface area contributed by atoms with Crippen LogP contribution in [0.5, 0.6) is 0 Å². The maximum atomic E-state index is 13.2. The van der Waals surface area contributed by atoms with Crippen LogP contribution in [0, 0.1) is 11.3 Å². The minimum Gasteiger partial charge on any atom is -0.496 e. The molecule has 0 aliphatic rings. The average molecular weight is 424 g/mol. The lowest BCUT2D eigenvalue weighted by atomic mass is 10.1. The molecule has 2 rings (SSSR count). The summed E-state index contributed by atoms with van der Waals surface area (Å²) in [4.78, 5) is 15.8. The second kappa shape index (κ2) is 7.20. The van der Waals surface area contributed by atoms with Gasteiger partial charge in [0.05, 0.1) is 28.9 Å². The van der Waals surface area contributed by atoms with Crippen LogP contribution in [-0.4, -0.2) is 16.7 Å². The smallest absolute Gasteiger partial charge is 0.434 e. The van der Waals surface area contributed by atoms with Crippen molar-refractivity contribution >= 4 is 17.4 Å². The molecule has 0 fully saturated rings. The van der Waals surface area contributed by atoms with E-state index in [0.717, 1.165) is 7.11 Å². The first-order valence-corrected chi connectivity index (χ1v) is 7.44. The number of hydrogen-bond acceptors (Lipinski definition) is 4. The molecule has 0 saturated carbocycles. The van der Waals surface area contributed by atoms with Crippen molar-refractivity contribution < 1.29 is 31.1 Å². The highest BCUT2D eigenvalue weighted by atomic mass is 35.5. The highest BCUT2D eigenvalue weighted by molar-refractivity contribution is 6.32. The summed E-state index contributed by atoms with van der Waals surface area (Å²) in [6.45, 7) is 3.20. The van der Waals surface area contributed by atoms with Crippen molar-refractivity contribution in [2.45, 2.75) is 12.4 Å². The quantitative estimate of drug-likeness (QED) is 0.541. The maximum Gasteiger partial charge on any atom is 0.434 e. The number of hydrogen-bond donors (Lipinski definition) is 0. The zero-order valence-electron chi connectivity index (χ0n) is 13.7. The van der Waals surface area contributed by atoms with Crippen LogP contribution in [0.15, 0.2) is 29.8 Å². The van der Waals surface area contributed by atoms with Gasteiger partial charge in [-0.05, 0) is 12.1 Å². The molecule has 0 aliphatic heterocycles. The van der Waals surface area contributed by atoms with E-state index in [1.54, 1.807) is 0 Å². The second-order valence-corrected chi connectivity index (χ2v) is 5.64. The van der Waals surface area contributed by atoms with Crippen LogP contribution in [-0.2, 0) is 17.1 Å². The molecule has 0 aliphatic carbocycles. The van der Waals surface area contributed by atoms with Crippen LogP contribution in [0.3, 0.4) is 0 Å². The van der Waals surface area contributed by atoms with Gasteiger partial charge in [-0.2, -0.15) is 31.6 Å². The van der Waals surface area contributed by atoms with Gasteiger partial charge in [-0.1, -0.05) is 18.2 Å². The van der Waals surface area contributed by atoms with Gasteiger partial charge < -0.3 is 4.74 Å². The molecule has 5 nitrogen and oxygen atoms in total. The first kappa shape index (κ1) is 21.3. The topological polar surface area (TPSA) is 67.9 Å². The number of ether oxygens (including phenoxy) is 1. The second-order valence-electron chi connectivity index (χ2n) is 5.23. The lowest BCUT2D eigenvalue weighted by molar-refractivity contribution is -0.141. The lowest BCUT2D eigenvalue weighted by Gasteiger charge is -2.17. The minimum absolute atomic E-state index is 0.410. The Bertz CT molecular complexity index is 1050. The van der Waals surface area contributed by atoms with Crippen LogP contribution in [0.25, 0.3) is 11.4 Å². The molecular weight excluding hydrogens is 416 g/mol. The molecule has 0 atom stereocenters. The predicted molar refractivity (Wildman–Crippen MR) is 85.6 cm³/mol. The average Bonchev–Trinajstić information content (AvgIpc) is 2.58. The fourth-order valence-corrected chi connectivity index (χ4v) is 2.58. The van der Waals surface area contributed by atoms with E-state index in [1.165, 1.54) is 6.07 Å². The zero-order valence-corrected chi connectivity index (χ0v) is 14.5. The van der Waals surface area contributed by atoms with Gasteiger partial charge in [-0.15, -0.1) is 0 Å². The van der Waals surface area contributed by atoms with Gasteiger partial charge in [-0.25, -0.2) is 4.98 Å². The first-order valence-electron chi connectivity index (χ1n) is 7.06. The third-order valence-electron chi connectivity index (χ3n) is 3.52. The Kier molecular flexibility index (Phi) is 5.48. The normalized spacial score (nSPS) is 11.8. The van der Waals surface area contributed by atoms with Gasteiger partial charge in [0.1, 0.15) is 23.7 Å². The van der Waals surface area contributed by atoms with Gasteiger partial charge in [0, 0.05) is 0 Å². The number of alkyl halides is 6. The van der Waals surface area contributed by atoms with Crippen LogP contribution < -0.4 is 5.56 Å². The third kappa shape index (κ3) is 3.82. The molecule has 28 heavy (non-hydrogen) atoms. The zero-order chi connectivity index (χ0) is 21.4. The van der Waals surface area contributed by atoms with E-state index in [2.05, 4.69) is 16.3 Å². The summed E-state index contributed by atoms with van der Waals surface area (Å²) >= 11 is 5.81. The van der Waals surface area contributed by atoms with Gasteiger partial charge in [-0.3, -0.25) is 9.36 Å². The van der Waals surface area contributed by atoms with Crippen LogP contribution in [0.1, 0.15) is 22.4 Å². The molecule has 1 aromatic carbocycles. The fraction of sp³-hybridized carbons (Fsp3) is 0.188. The highest BCUT2D eigenvalue weighted by Crippen LogP contribution is 2.36. The van der Waals surface area contributed by atoms with E-state index >= 15 is 0 Å². The molecule has 2 aromatic rings. The summed E-state index contributed by atoms with van der Waals surface area (Å²) in [5.74, 6) is -0.680. The van der Waals surface area contributed by atoms with E-state index < -0.39 is 56.8 Å². The van der Waals surface area contributed by atoms with Crippen molar-refractivity contribution in [3.05, 3.63) is 62.8 Å². The van der Waals surface area contributed by atoms with Gasteiger partial charge in [0.15, 0.2) is 5.69 Å². The number of benzene rings is 1. The molecular formula is C16H8ClF6N3O2. The van der Waals surface area contributed by atoms with Gasteiger partial charge in [0.25, 0.3) is 5.56 Å². The van der Waals surface area contributed by atoms with E-state index in [9.17, 15) is 31.1 Å². The fourth-order valence-electron chi connectivity index (χ4n) is 2.27. The number of rotatable bonds is 3. The van der Waals surface area contributed by atoms with E-state index in [4.69, 9.17) is 16.9 Å². The van der Waals surface area contributed by atoms with Crippen LogP contribution in [0.4, 0.5) is 26.3 Å². The molecule has 0 N–H and O–H groups in total. The van der Waals surface area contributed by atoms with Crippen LogP contribution in [0.2, 0.25) is 5.02 Å². The Balaban J connectivity index is 2.90. The van der Waals surface area contributed by atoms with Crippen molar-refractivity contribution in [3.63, 3.8) is 0 Å². The molecule has 0 amide bonds. The molecule has 0 spiro atoms. The summed E-state index contributed by atoms with van der Waals surface area (Å²) in [6.07, 6.45) is -9.48. The largest absolute Gasteiger partial charge is 0.496 e. The predicted octanol–water partition coefficient (Wildman–Crippen LogP) is 4.41. The Morgan fingerprint density at radius 2 is 1.86 bits per heavy atom. The van der Waals surface area contributed by atoms with E-state index in [-0.39, 0.29) is 0 Å². The standard InChI is InChI=1S/C16H8ClF6N3O2/c1-7(28-2)11-13(16(21,22)23)25-6-26(14(11)27)12-8(5-24)3-9(4-10(12)17)15(18,19)20/h3-4,6H,1H2,2H3. The number of halogens is 7. The van der Waals surface area contributed by atoms with Gasteiger partial charge >= 0.3 is 12.4 Å². The summed E-state index contributed by atoms with van der Waals surface area (Å²) in [5.41, 5.74) is -6.59. The Morgan fingerprint density at radius 1 is 1.25 bits per heavy atom. The third-order valence-corrected chi connectivity index (χ3v) is 3.81. The lowest BCUT2D eigenvalue weighted by Crippen LogP contribution is -2.29. The molecule has 12 heteroatoms. The Labute approximate surface area is 158 Å². The molecule has 0 saturated heterocycles. The maximum absolute atomic E-state index is 13.2. The molecule has 1 heterocycles. The van der Waals surface area contributed by atoms with Crippen molar-refractivity contribution in [1.82, 2.24) is 9.55 Å². The number of aromatic nitrogens is 2. The molecule has 0 unspecified atom stereocenters. The van der Waals surface area contributed by atoms with Crippen LogP contribution >= 0.6 is 11.6 Å². The van der Waals surface area contributed by atoms with Crippen molar-refractivity contribution in [3.8, 4) is 11.8 Å². The number of nitrogens with zero attached hydrogens (tertiary/aromatic N) is 3. The SMILES string of the molecule is C=C(OC)c1c(C(F)(F)F)ncn(-c2c(Cl)cc(C(F)(F)F)cc2C#N)c1=O. The Hall–Kier alpha value is -3.00. The summed E-state index contributed by atoms with van der Waals surface area (Å²) in [6, 6.07) is 2.28. The van der Waals surface area contributed by atoms with Crippen molar-refractivity contribution in [2.75, 3.05) is 7.11 Å². The van der Waals surface area contributed by atoms with E-state index in [0.29, 0.717) is 23.0 Å². The summed E-state index contributed by atoms with van der Waals surface area (Å²) in [7, 11) is 0.963. The number of nitriles is 1. The van der Waals surface area contributed by atoms with E-state index in [1.807, 2.05) is 0 Å². The molecule has 0 bridgehead atoms. The highest BCUT2D eigenvalue weighted by Gasteiger charge is 2.39.